The predicted octanol–water partition coefficient (Wildman–Crippen LogP) is 4.13. The highest BCUT2D eigenvalue weighted by Gasteiger charge is 2.17. The van der Waals surface area contributed by atoms with Crippen LogP contribution in [0.5, 0.6) is 0 Å². The molecule has 6 heteroatoms. The van der Waals surface area contributed by atoms with Gasteiger partial charge in [-0.25, -0.2) is 13.2 Å². The van der Waals surface area contributed by atoms with Crippen molar-refractivity contribution < 1.29 is 17.9 Å². The molecule has 134 valence electrons. The van der Waals surface area contributed by atoms with Gasteiger partial charge in [-0.2, -0.15) is 0 Å². The number of fused-ring (bicyclic) bond motifs is 1. The Bertz CT molecular complexity index is 1070. The second-order valence-electron chi connectivity index (χ2n) is 5.86. The number of carbonyl (C=O) groups excluding carboxylic acids is 1. The molecule has 0 heterocycles. The molecule has 5 nitrogen and oxygen atoms in total. The maximum absolute atomic E-state index is 12.7. The first kappa shape index (κ1) is 17.9. The number of sulfonamides is 1. The highest BCUT2D eigenvalue weighted by atomic mass is 32.2. The Hall–Kier alpha value is -2.86. The normalized spacial score (nSPS) is 11.3. The number of hydrogen-bond donors (Lipinski definition) is 1. The van der Waals surface area contributed by atoms with Gasteiger partial charge in [0.2, 0.25) is 0 Å². The van der Waals surface area contributed by atoms with E-state index in [1.807, 2.05) is 24.3 Å². The molecule has 0 aliphatic rings. The molecule has 0 spiro atoms. The number of ether oxygens (including phenoxy) is 1. The average Bonchev–Trinajstić information content (AvgIpc) is 2.63. The van der Waals surface area contributed by atoms with Crippen molar-refractivity contribution in [3.63, 3.8) is 0 Å². The SMILES string of the molecule is CCOC(=O)c1ccc(NS(=O)(=O)c2ccc3ccccc3c2)c(C)c1. The van der Waals surface area contributed by atoms with E-state index >= 15 is 0 Å². The summed E-state index contributed by atoms with van der Waals surface area (Å²) >= 11 is 0. The number of aryl methyl sites for hydroxylation is 1. The summed E-state index contributed by atoms with van der Waals surface area (Å²) in [4.78, 5) is 12.0. The smallest absolute Gasteiger partial charge is 0.338 e. The van der Waals surface area contributed by atoms with E-state index in [0.717, 1.165) is 10.8 Å². The minimum absolute atomic E-state index is 0.185. The van der Waals surface area contributed by atoms with E-state index in [0.29, 0.717) is 16.8 Å². The van der Waals surface area contributed by atoms with Crippen LogP contribution in [0.25, 0.3) is 10.8 Å². The van der Waals surface area contributed by atoms with Crippen LogP contribution in [0.3, 0.4) is 0 Å². The first-order valence-electron chi connectivity index (χ1n) is 8.20. The van der Waals surface area contributed by atoms with Gasteiger partial charge in [0.05, 0.1) is 22.8 Å². The lowest BCUT2D eigenvalue weighted by Crippen LogP contribution is -2.14. The van der Waals surface area contributed by atoms with Gasteiger partial charge in [-0.05, 0) is 60.5 Å². The molecule has 3 aromatic rings. The van der Waals surface area contributed by atoms with Crippen molar-refractivity contribution >= 4 is 32.5 Å². The Kier molecular flexibility index (Phi) is 4.95. The number of hydrogen-bond acceptors (Lipinski definition) is 4. The zero-order valence-corrected chi connectivity index (χ0v) is 15.3. The average molecular weight is 369 g/mol. The largest absolute Gasteiger partial charge is 0.462 e. The third-order valence-electron chi connectivity index (χ3n) is 4.01. The van der Waals surface area contributed by atoms with Gasteiger partial charge in [0.15, 0.2) is 0 Å². The van der Waals surface area contributed by atoms with E-state index in [1.165, 1.54) is 0 Å². The number of benzene rings is 3. The standard InChI is InChI=1S/C20H19NO4S/c1-3-25-20(22)17-9-11-19(14(2)12-17)21-26(23,24)18-10-8-15-6-4-5-7-16(15)13-18/h4-13,21H,3H2,1-2H3. The van der Waals surface area contributed by atoms with Crippen molar-refractivity contribution in [3.05, 3.63) is 71.8 Å². The fourth-order valence-corrected chi connectivity index (χ4v) is 3.82. The topological polar surface area (TPSA) is 72.5 Å². The molecule has 0 atom stereocenters. The van der Waals surface area contributed by atoms with Gasteiger partial charge in [-0.1, -0.05) is 30.3 Å². The van der Waals surface area contributed by atoms with Gasteiger partial charge < -0.3 is 4.74 Å². The molecule has 3 aromatic carbocycles. The maximum Gasteiger partial charge on any atom is 0.338 e. The molecule has 1 N–H and O–H groups in total. The minimum atomic E-state index is -3.74. The Balaban J connectivity index is 1.90. The molecule has 0 bridgehead atoms. The molecule has 0 radical (unpaired) electrons. The molecule has 0 unspecified atom stereocenters. The van der Waals surface area contributed by atoms with Crippen LogP contribution in [-0.4, -0.2) is 21.0 Å². The molecule has 0 aliphatic heterocycles. The summed E-state index contributed by atoms with van der Waals surface area (Å²) in [5.74, 6) is -0.431. The number of esters is 1. The summed E-state index contributed by atoms with van der Waals surface area (Å²) in [5, 5.41) is 1.83. The highest BCUT2D eigenvalue weighted by Crippen LogP contribution is 2.24. The third-order valence-corrected chi connectivity index (χ3v) is 5.38. The number of carbonyl (C=O) groups is 1. The van der Waals surface area contributed by atoms with Crippen molar-refractivity contribution in [2.45, 2.75) is 18.7 Å². The summed E-state index contributed by atoms with van der Waals surface area (Å²) in [6, 6.07) is 17.3. The molecule has 0 aliphatic carbocycles. The number of nitrogens with one attached hydrogen (secondary N) is 1. The molecule has 3 rings (SSSR count). The fourth-order valence-electron chi connectivity index (χ4n) is 2.66. The Morgan fingerprint density at radius 1 is 1.00 bits per heavy atom. The van der Waals surface area contributed by atoms with E-state index in [9.17, 15) is 13.2 Å². The van der Waals surface area contributed by atoms with E-state index in [2.05, 4.69) is 4.72 Å². The molecule has 0 aromatic heterocycles. The molecule has 26 heavy (non-hydrogen) atoms. The Morgan fingerprint density at radius 2 is 1.73 bits per heavy atom. The van der Waals surface area contributed by atoms with Crippen LogP contribution in [0.2, 0.25) is 0 Å². The van der Waals surface area contributed by atoms with Crippen LogP contribution in [0, 0.1) is 6.92 Å². The Morgan fingerprint density at radius 3 is 2.42 bits per heavy atom. The van der Waals surface area contributed by atoms with Gasteiger partial charge >= 0.3 is 5.97 Å². The van der Waals surface area contributed by atoms with Gasteiger partial charge in [-0.3, -0.25) is 4.72 Å². The van der Waals surface area contributed by atoms with Gasteiger partial charge in [0.25, 0.3) is 10.0 Å². The van der Waals surface area contributed by atoms with Crippen LogP contribution in [0.15, 0.2) is 65.6 Å². The summed E-state index contributed by atoms with van der Waals surface area (Å²) < 4.78 is 33.0. The van der Waals surface area contributed by atoms with E-state index in [4.69, 9.17) is 4.74 Å². The van der Waals surface area contributed by atoms with Gasteiger partial charge in [0, 0.05) is 0 Å². The monoisotopic (exact) mass is 369 g/mol. The fraction of sp³-hybridized carbons (Fsp3) is 0.150. The van der Waals surface area contributed by atoms with Crippen molar-refractivity contribution in [1.29, 1.82) is 0 Å². The van der Waals surface area contributed by atoms with E-state index in [1.54, 1.807) is 50.2 Å². The van der Waals surface area contributed by atoms with Gasteiger partial charge in [-0.15, -0.1) is 0 Å². The third kappa shape index (κ3) is 3.70. The predicted molar refractivity (Wildman–Crippen MR) is 102 cm³/mol. The number of rotatable bonds is 5. The van der Waals surface area contributed by atoms with Crippen molar-refractivity contribution in [3.8, 4) is 0 Å². The molecule has 0 saturated heterocycles. The molecule has 0 amide bonds. The first-order chi connectivity index (χ1) is 12.4. The lowest BCUT2D eigenvalue weighted by molar-refractivity contribution is 0.0526. The van der Waals surface area contributed by atoms with E-state index in [-0.39, 0.29) is 11.5 Å². The summed E-state index contributed by atoms with van der Waals surface area (Å²) in [5.41, 5.74) is 1.45. The Labute approximate surface area is 152 Å². The van der Waals surface area contributed by atoms with Crippen molar-refractivity contribution in [2.75, 3.05) is 11.3 Å². The second-order valence-corrected chi connectivity index (χ2v) is 7.55. The minimum Gasteiger partial charge on any atom is -0.462 e. The molecular formula is C20H19NO4S. The maximum atomic E-state index is 12.7. The van der Waals surface area contributed by atoms with Gasteiger partial charge in [0.1, 0.15) is 0 Å². The first-order valence-corrected chi connectivity index (χ1v) is 9.68. The lowest BCUT2D eigenvalue weighted by atomic mass is 10.1. The summed E-state index contributed by atoms with van der Waals surface area (Å²) in [6.45, 7) is 3.76. The number of anilines is 1. The summed E-state index contributed by atoms with van der Waals surface area (Å²) in [7, 11) is -3.74. The molecule has 0 fully saturated rings. The van der Waals surface area contributed by atoms with Crippen molar-refractivity contribution in [1.82, 2.24) is 0 Å². The summed E-state index contributed by atoms with van der Waals surface area (Å²) in [6.07, 6.45) is 0. The van der Waals surface area contributed by atoms with Crippen molar-refractivity contribution in [2.24, 2.45) is 0 Å². The van der Waals surface area contributed by atoms with Crippen LogP contribution in [-0.2, 0) is 14.8 Å². The van der Waals surface area contributed by atoms with Crippen LogP contribution < -0.4 is 4.72 Å². The zero-order valence-electron chi connectivity index (χ0n) is 14.5. The van der Waals surface area contributed by atoms with Crippen LogP contribution in [0.1, 0.15) is 22.8 Å². The molecule has 0 saturated carbocycles. The quantitative estimate of drug-likeness (QED) is 0.687. The second kappa shape index (κ2) is 7.17. The zero-order chi connectivity index (χ0) is 18.7. The lowest BCUT2D eigenvalue weighted by Gasteiger charge is -2.12. The highest BCUT2D eigenvalue weighted by molar-refractivity contribution is 7.92. The van der Waals surface area contributed by atoms with Crippen LogP contribution in [0.4, 0.5) is 5.69 Å². The van der Waals surface area contributed by atoms with Crippen LogP contribution >= 0.6 is 0 Å². The molecular weight excluding hydrogens is 350 g/mol. The van der Waals surface area contributed by atoms with E-state index < -0.39 is 16.0 Å².